The van der Waals surface area contributed by atoms with Crippen LogP contribution in [0.15, 0.2) is 24.3 Å². The summed E-state index contributed by atoms with van der Waals surface area (Å²) in [4.78, 5) is 0. The first-order chi connectivity index (χ1) is 6.36. The predicted molar refractivity (Wildman–Crippen MR) is 55.9 cm³/mol. The summed E-state index contributed by atoms with van der Waals surface area (Å²) in [5, 5.41) is 0. The number of rotatable bonds is 4. The van der Waals surface area contributed by atoms with Gasteiger partial charge < -0.3 is 6.42 Å². The van der Waals surface area contributed by atoms with Gasteiger partial charge in [0.2, 0.25) is 0 Å². The van der Waals surface area contributed by atoms with Crippen LogP contribution in [0.5, 0.6) is 0 Å². The van der Waals surface area contributed by atoms with Crippen molar-refractivity contribution in [2.45, 2.75) is 32.6 Å². The van der Waals surface area contributed by atoms with Gasteiger partial charge in [0.1, 0.15) is 0 Å². The van der Waals surface area contributed by atoms with Gasteiger partial charge in [-0.05, 0) is 12.8 Å². The molecule has 0 amide bonds. The fraction of sp³-hybridized carbons (Fsp3) is 0.385. The molecule has 0 N–H and O–H groups in total. The Bertz CT molecular complexity index is 274. The molecule has 0 aliphatic heterocycles. The molecule has 0 bridgehead atoms. The van der Waals surface area contributed by atoms with Crippen LogP contribution < -0.4 is 0 Å². The van der Waals surface area contributed by atoms with Gasteiger partial charge in [-0.25, -0.2) is 0 Å². The maximum absolute atomic E-state index is 6.93. The normalized spacial score (nSPS) is 9.54. The minimum Gasteiger partial charge on any atom is -0.366 e. The first kappa shape index (κ1) is 9.86. The molecule has 0 fully saturated rings. The number of aryl methyl sites for hydroxylation is 1. The Hall–Kier alpha value is -1.22. The highest BCUT2D eigenvalue weighted by Gasteiger charge is 1.89. The standard InChI is InChI=1S/C13H15/c1-3-5-6-7-13-10-8-12(4-2)9-11-13/h8-11H,3,5-7H2,1H3/q-1. The van der Waals surface area contributed by atoms with Gasteiger partial charge in [-0.2, -0.15) is 0 Å². The van der Waals surface area contributed by atoms with Crippen molar-refractivity contribution in [2.24, 2.45) is 0 Å². The quantitative estimate of drug-likeness (QED) is 0.370. The summed E-state index contributed by atoms with van der Waals surface area (Å²) in [6.45, 7) is 2.22. The van der Waals surface area contributed by atoms with E-state index in [1.54, 1.807) is 0 Å². The Morgan fingerprint density at radius 2 is 1.85 bits per heavy atom. The van der Waals surface area contributed by atoms with E-state index in [2.05, 4.69) is 25.0 Å². The molecule has 0 aromatic heterocycles. The molecule has 1 aromatic rings. The van der Waals surface area contributed by atoms with Crippen molar-refractivity contribution in [1.82, 2.24) is 0 Å². The Balaban J connectivity index is 2.46. The van der Waals surface area contributed by atoms with Crippen LogP contribution in [-0.4, -0.2) is 0 Å². The number of unbranched alkanes of at least 4 members (excludes halogenated alkanes) is 2. The van der Waals surface area contributed by atoms with Crippen LogP contribution in [0.2, 0.25) is 0 Å². The number of hydrogen-bond acceptors (Lipinski definition) is 0. The van der Waals surface area contributed by atoms with Crippen LogP contribution in [-0.2, 0) is 6.42 Å². The van der Waals surface area contributed by atoms with Gasteiger partial charge in [0.25, 0.3) is 0 Å². The maximum atomic E-state index is 6.93. The van der Waals surface area contributed by atoms with E-state index in [4.69, 9.17) is 6.42 Å². The van der Waals surface area contributed by atoms with Gasteiger partial charge >= 0.3 is 0 Å². The molecule has 0 aliphatic carbocycles. The van der Waals surface area contributed by atoms with Crippen LogP contribution in [0.3, 0.4) is 0 Å². The highest BCUT2D eigenvalue weighted by atomic mass is 14.0. The molecule has 0 heteroatoms. The van der Waals surface area contributed by atoms with Crippen molar-refractivity contribution < 1.29 is 0 Å². The van der Waals surface area contributed by atoms with Gasteiger partial charge in [-0.15, -0.1) is 17.7 Å². The molecular formula is C13H15-. The van der Waals surface area contributed by atoms with Crippen LogP contribution in [0.25, 0.3) is 0 Å². The van der Waals surface area contributed by atoms with Crippen molar-refractivity contribution in [3.05, 3.63) is 41.8 Å². The lowest BCUT2D eigenvalue weighted by Gasteiger charge is -2.03. The van der Waals surface area contributed by atoms with E-state index >= 15 is 0 Å². The van der Waals surface area contributed by atoms with E-state index in [0.29, 0.717) is 0 Å². The van der Waals surface area contributed by atoms with Gasteiger partial charge in [0, 0.05) is 0 Å². The third kappa shape index (κ3) is 3.34. The SMILES string of the molecule is [C-]#Cc1ccc(CCCCC)cc1. The average Bonchev–Trinajstić information content (AvgIpc) is 2.19. The van der Waals surface area contributed by atoms with Crippen LogP contribution >= 0.6 is 0 Å². The Morgan fingerprint density at radius 1 is 1.15 bits per heavy atom. The largest absolute Gasteiger partial charge is 0.366 e. The van der Waals surface area contributed by atoms with E-state index in [0.717, 1.165) is 12.0 Å². The summed E-state index contributed by atoms with van der Waals surface area (Å²) in [5.41, 5.74) is 2.23. The molecule has 0 heterocycles. The van der Waals surface area contributed by atoms with Gasteiger partial charge in [-0.3, -0.25) is 5.92 Å². The monoisotopic (exact) mass is 171 g/mol. The summed E-state index contributed by atoms with van der Waals surface area (Å²) in [6.07, 6.45) is 11.9. The molecule has 0 saturated carbocycles. The second-order valence-corrected chi connectivity index (χ2v) is 3.28. The van der Waals surface area contributed by atoms with Crippen molar-refractivity contribution in [2.75, 3.05) is 0 Å². The highest BCUT2D eigenvalue weighted by molar-refractivity contribution is 5.32. The highest BCUT2D eigenvalue weighted by Crippen LogP contribution is 2.07. The summed E-state index contributed by atoms with van der Waals surface area (Å²) < 4.78 is 0. The Morgan fingerprint density at radius 3 is 2.38 bits per heavy atom. The molecule has 68 valence electrons. The lowest BCUT2D eigenvalue weighted by molar-refractivity contribution is 0.717. The zero-order chi connectivity index (χ0) is 9.52. The lowest BCUT2D eigenvalue weighted by Crippen LogP contribution is -1.85. The lowest BCUT2D eigenvalue weighted by atomic mass is 10.1. The number of benzene rings is 1. The fourth-order valence-corrected chi connectivity index (χ4v) is 1.33. The van der Waals surface area contributed by atoms with E-state index in [1.165, 1.54) is 24.8 Å². The third-order valence-electron chi connectivity index (χ3n) is 2.17. The van der Waals surface area contributed by atoms with Gasteiger partial charge in [-0.1, -0.05) is 37.5 Å². The molecule has 0 atom stereocenters. The molecule has 0 nitrogen and oxygen atoms in total. The molecule has 0 spiro atoms. The smallest absolute Gasteiger partial charge is 0.0280 e. The van der Waals surface area contributed by atoms with Crippen molar-refractivity contribution in [3.63, 3.8) is 0 Å². The van der Waals surface area contributed by atoms with E-state index < -0.39 is 0 Å². The summed E-state index contributed by atoms with van der Waals surface area (Å²) in [6, 6.07) is 8.08. The summed E-state index contributed by atoms with van der Waals surface area (Å²) in [5.74, 6) is 2.37. The molecule has 13 heavy (non-hydrogen) atoms. The van der Waals surface area contributed by atoms with Gasteiger partial charge in [0.05, 0.1) is 0 Å². The molecule has 0 aliphatic rings. The van der Waals surface area contributed by atoms with E-state index in [1.807, 2.05) is 12.1 Å². The van der Waals surface area contributed by atoms with E-state index in [9.17, 15) is 0 Å². The minimum atomic E-state index is 0.860. The number of hydrogen-bond donors (Lipinski definition) is 0. The molecule has 1 aromatic carbocycles. The predicted octanol–water partition coefficient (Wildman–Crippen LogP) is 3.36. The second-order valence-electron chi connectivity index (χ2n) is 3.28. The summed E-state index contributed by atoms with van der Waals surface area (Å²) >= 11 is 0. The average molecular weight is 171 g/mol. The van der Waals surface area contributed by atoms with Crippen molar-refractivity contribution in [3.8, 4) is 5.92 Å². The van der Waals surface area contributed by atoms with E-state index in [-0.39, 0.29) is 0 Å². The van der Waals surface area contributed by atoms with Crippen LogP contribution in [0.1, 0.15) is 37.3 Å². The molecular weight excluding hydrogens is 156 g/mol. The first-order valence-corrected chi connectivity index (χ1v) is 4.88. The molecule has 0 unspecified atom stereocenters. The third-order valence-corrected chi connectivity index (χ3v) is 2.17. The second kappa shape index (κ2) is 5.43. The van der Waals surface area contributed by atoms with Crippen molar-refractivity contribution in [1.29, 1.82) is 0 Å². The van der Waals surface area contributed by atoms with Crippen molar-refractivity contribution >= 4 is 0 Å². The molecule has 0 saturated heterocycles. The fourth-order valence-electron chi connectivity index (χ4n) is 1.33. The van der Waals surface area contributed by atoms with Gasteiger partial charge in [0.15, 0.2) is 0 Å². The zero-order valence-electron chi connectivity index (χ0n) is 8.14. The topological polar surface area (TPSA) is 0 Å². The first-order valence-electron chi connectivity index (χ1n) is 4.88. The van der Waals surface area contributed by atoms with Crippen LogP contribution in [0, 0.1) is 12.3 Å². The Kier molecular flexibility index (Phi) is 4.12. The summed E-state index contributed by atoms with van der Waals surface area (Å²) in [7, 11) is 0. The minimum absolute atomic E-state index is 0.860. The molecule has 1 rings (SSSR count). The maximum Gasteiger partial charge on any atom is -0.0280 e. The zero-order valence-corrected chi connectivity index (χ0v) is 8.14. The molecule has 0 radical (unpaired) electrons. The Labute approximate surface area is 81.0 Å². The van der Waals surface area contributed by atoms with Crippen LogP contribution in [0.4, 0.5) is 0 Å².